The zero-order valence-electron chi connectivity index (χ0n) is 13.4. The van der Waals surface area contributed by atoms with Crippen molar-refractivity contribution in [3.8, 4) is 0 Å². The van der Waals surface area contributed by atoms with Gasteiger partial charge in [0.05, 0.1) is 6.61 Å². The first kappa shape index (κ1) is 18.9. The van der Waals surface area contributed by atoms with E-state index in [-0.39, 0.29) is 18.3 Å². The van der Waals surface area contributed by atoms with Crippen molar-refractivity contribution >= 4 is 24.0 Å². The molecule has 5 heteroatoms. The molecule has 124 valence electrons. The lowest BCUT2D eigenvalue weighted by Crippen LogP contribution is -2.34. The van der Waals surface area contributed by atoms with Crippen LogP contribution in [0.4, 0.5) is 5.69 Å². The van der Waals surface area contributed by atoms with Crippen molar-refractivity contribution in [1.82, 2.24) is 5.32 Å². The van der Waals surface area contributed by atoms with Crippen LogP contribution in [0.3, 0.4) is 0 Å². The number of rotatable bonds is 6. The molecule has 2 unspecified atom stereocenters. The lowest BCUT2D eigenvalue weighted by molar-refractivity contribution is -0.117. The van der Waals surface area contributed by atoms with Crippen molar-refractivity contribution < 1.29 is 9.53 Å². The molecule has 1 aromatic rings. The summed E-state index contributed by atoms with van der Waals surface area (Å²) in [6, 6.07) is 7.83. The Morgan fingerprint density at radius 3 is 3.00 bits per heavy atom. The van der Waals surface area contributed by atoms with Crippen molar-refractivity contribution in [2.75, 3.05) is 25.5 Å². The van der Waals surface area contributed by atoms with E-state index in [1.807, 2.05) is 24.3 Å². The van der Waals surface area contributed by atoms with Crippen LogP contribution in [0, 0.1) is 11.8 Å². The number of methoxy groups -OCH3 is 1. The fourth-order valence-corrected chi connectivity index (χ4v) is 2.94. The smallest absolute Gasteiger partial charge is 0.224 e. The minimum atomic E-state index is 0. The molecule has 0 saturated carbocycles. The first-order valence-corrected chi connectivity index (χ1v) is 7.77. The molecule has 1 heterocycles. The normalized spacial score (nSPS) is 19.1. The minimum absolute atomic E-state index is 0. The number of nitrogens with one attached hydrogen (secondary N) is 2. The van der Waals surface area contributed by atoms with Gasteiger partial charge in [0.2, 0.25) is 5.91 Å². The number of halogens is 1. The Morgan fingerprint density at radius 1 is 1.50 bits per heavy atom. The number of carbonyl (C=O) groups excluding carboxylic acids is 1. The van der Waals surface area contributed by atoms with Gasteiger partial charge in [-0.1, -0.05) is 19.1 Å². The van der Waals surface area contributed by atoms with Gasteiger partial charge in [-0.3, -0.25) is 4.79 Å². The van der Waals surface area contributed by atoms with E-state index in [0.29, 0.717) is 24.9 Å². The topological polar surface area (TPSA) is 50.4 Å². The second kappa shape index (κ2) is 9.82. The van der Waals surface area contributed by atoms with Gasteiger partial charge in [0.25, 0.3) is 0 Å². The summed E-state index contributed by atoms with van der Waals surface area (Å²) in [5.41, 5.74) is 1.92. The number of amides is 1. The maximum absolute atomic E-state index is 12.2. The zero-order chi connectivity index (χ0) is 15.1. The monoisotopic (exact) mass is 326 g/mol. The molecule has 1 fully saturated rings. The Morgan fingerprint density at radius 2 is 2.32 bits per heavy atom. The number of anilines is 1. The van der Waals surface area contributed by atoms with E-state index in [4.69, 9.17) is 4.74 Å². The summed E-state index contributed by atoms with van der Waals surface area (Å²) in [7, 11) is 1.67. The maximum Gasteiger partial charge on any atom is 0.224 e. The molecule has 0 bridgehead atoms. The molecule has 1 amide bonds. The predicted octanol–water partition coefficient (Wildman–Crippen LogP) is 3.22. The van der Waals surface area contributed by atoms with Gasteiger partial charge in [0.15, 0.2) is 0 Å². The third-order valence-corrected chi connectivity index (χ3v) is 4.17. The van der Waals surface area contributed by atoms with Crippen LogP contribution in [0.5, 0.6) is 0 Å². The highest BCUT2D eigenvalue weighted by Crippen LogP contribution is 2.23. The van der Waals surface area contributed by atoms with Crippen LogP contribution >= 0.6 is 12.4 Å². The van der Waals surface area contributed by atoms with E-state index in [9.17, 15) is 4.79 Å². The summed E-state index contributed by atoms with van der Waals surface area (Å²) in [6.45, 7) is 4.89. The third kappa shape index (κ3) is 5.95. The van der Waals surface area contributed by atoms with Gasteiger partial charge in [0.1, 0.15) is 0 Å². The van der Waals surface area contributed by atoms with Crippen LogP contribution in [0.1, 0.15) is 31.7 Å². The zero-order valence-corrected chi connectivity index (χ0v) is 14.2. The minimum Gasteiger partial charge on any atom is -0.380 e. The van der Waals surface area contributed by atoms with Crippen LogP contribution in [0.25, 0.3) is 0 Å². The summed E-state index contributed by atoms with van der Waals surface area (Å²) in [5.74, 6) is 1.13. The van der Waals surface area contributed by atoms with Gasteiger partial charge in [-0.15, -0.1) is 12.4 Å². The number of piperidine rings is 1. The van der Waals surface area contributed by atoms with Gasteiger partial charge < -0.3 is 15.4 Å². The molecule has 2 atom stereocenters. The standard InChI is InChI=1S/C17H26N2O2.ClH/c1-13(15-6-4-8-18-11-15)9-17(20)19-16-7-3-5-14(10-16)12-21-2;/h3,5,7,10,13,15,18H,4,6,8-9,11-12H2,1-2H3,(H,19,20);1H. The average molecular weight is 327 g/mol. The molecule has 0 spiro atoms. The van der Waals surface area contributed by atoms with Crippen LogP contribution < -0.4 is 10.6 Å². The second-order valence-corrected chi connectivity index (χ2v) is 5.97. The molecule has 0 aliphatic carbocycles. The number of ether oxygens (including phenoxy) is 1. The summed E-state index contributed by atoms with van der Waals surface area (Å²) in [5, 5.41) is 6.41. The van der Waals surface area contributed by atoms with Gasteiger partial charge >= 0.3 is 0 Å². The van der Waals surface area contributed by atoms with E-state index in [0.717, 1.165) is 24.3 Å². The predicted molar refractivity (Wildman–Crippen MR) is 92.4 cm³/mol. The third-order valence-electron chi connectivity index (χ3n) is 4.17. The van der Waals surface area contributed by atoms with E-state index in [1.54, 1.807) is 7.11 Å². The quantitative estimate of drug-likeness (QED) is 0.844. The SMILES string of the molecule is COCc1cccc(NC(=O)CC(C)C2CCCNC2)c1.Cl. The Balaban J connectivity index is 0.00000242. The van der Waals surface area contributed by atoms with Gasteiger partial charge in [-0.25, -0.2) is 0 Å². The molecule has 1 saturated heterocycles. The Hall–Kier alpha value is -1.10. The van der Waals surface area contributed by atoms with Gasteiger partial charge in [-0.05, 0) is 55.5 Å². The molecule has 2 rings (SSSR count). The number of benzene rings is 1. The molecule has 0 radical (unpaired) electrons. The highest BCUT2D eigenvalue weighted by molar-refractivity contribution is 5.90. The molecule has 0 aromatic heterocycles. The largest absolute Gasteiger partial charge is 0.380 e. The summed E-state index contributed by atoms with van der Waals surface area (Å²) >= 11 is 0. The molecule has 2 N–H and O–H groups in total. The Labute approximate surface area is 139 Å². The van der Waals surface area contributed by atoms with Crippen LogP contribution in [-0.2, 0) is 16.1 Å². The maximum atomic E-state index is 12.2. The molecule has 1 aliphatic heterocycles. The van der Waals surface area contributed by atoms with Gasteiger partial charge in [0, 0.05) is 19.2 Å². The molecule has 22 heavy (non-hydrogen) atoms. The molecular weight excluding hydrogens is 300 g/mol. The van der Waals surface area contributed by atoms with E-state index < -0.39 is 0 Å². The molecular formula is C17H27ClN2O2. The molecule has 1 aliphatic rings. The van der Waals surface area contributed by atoms with E-state index in [1.165, 1.54) is 12.8 Å². The lowest BCUT2D eigenvalue weighted by atomic mass is 9.85. The van der Waals surface area contributed by atoms with Crippen molar-refractivity contribution in [3.05, 3.63) is 29.8 Å². The number of hydrogen-bond donors (Lipinski definition) is 2. The highest BCUT2D eigenvalue weighted by Gasteiger charge is 2.21. The second-order valence-electron chi connectivity index (χ2n) is 5.97. The summed E-state index contributed by atoms with van der Waals surface area (Å²) < 4.78 is 5.11. The van der Waals surface area contributed by atoms with Crippen LogP contribution in [-0.4, -0.2) is 26.1 Å². The van der Waals surface area contributed by atoms with E-state index in [2.05, 4.69) is 17.6 Å². The fraction of sp³-hybridized carbons (Fsp3) is 0.588. The average Bonchev–Trinajstić information content (AvgIpc) is 2.48. The van der Waals surface area contributed by atoms with Crippen LogP contribution in [0.2, 0.25) is 0 Å². The molecule has 1 aromatic carbocycles. The van der Waals surface area contributed by atoms with Crippen molar-refractivity contribution in [2.45, 2.75) is 32.8 Å². The summed E-state index contributed by atoms with van der Waals surface area (Å²) in [6.07, 6.45) is 3.03. The molecule has 4 nitrogen and oxygen atoms in total. The number of hydrogen-bond acceptors (Lipinski definition) is 3. The highest BCUT2D eigenvalue weighted by atomic mass is 35.5. The Kier molecular flexibility index (Phi) is 8.46. The Bertz CT molecular complexity index is 462. The van der Waals surface area contributed by atoms with Crippen molar-refractivity contribution in [2.24, 2.45) is 11.8 Å². The van der Waals surface area contributed by atoms with Crippen LogP contribution in [0.15, 0.2) is 24.3 Å². The van der Waals surface area contributed by atoms with E-state index >= 15 is 0 Å². The number of carbonyl (C=O) groups is 1. The fourth-order valence-electron chi connectivity index (χ4n) is 2.94. The lowest BCUT2D eigenvalue weighted by Gasteiger charge is -2.28. The van der Waals surface area contributed by atoms with Gasteiger partial charge in [-0.2, -0.15) is 0 Å². The summed E-state index contributed by atoms with van der Waals surface area (Å²) in [4.78, 5) is 12.2. The van der Waals surface area contributed by atoms with Crippen molar-refractivity contribution in [1.29, 1.82) is 0 Å². The van der Waals surface area contributed by atoms with Crippen molar-refractivity contribution in [3.63, 3.8) is 0 Å². The first-order valence-electron chi connectivity index (χ1n) is 7.77. The first-order chi connectivity index (χ1) is 10.2.